The highest BCUT2D eigenvalue weighted by Crippen LogP contribution is 2.21. The predicted molar refractivity (Wildman–Crippen MR) is 76.0 cm³/mol. The number of halogens is 1. The summed E-state index contributed by atoms with van der Waals surface area (Å²) in [5.74, 6) is 0.205. The van der Waals surface area contributed by atoms with Gasteiger partial charge in [0.05, 0.1) is 6.20 Å². The lowest BCUT2D eigenvalue weighted by Gasteiger charge is -2.10. The van der Waals surface area contributed by atoms with Gasteiger partial charge in [-0.15, -0.1) is 0 Å². The van der Waals surface area contributed by atoms with E-state index in [4.69, 9.17) is 4.18 Å². The highest BCUT2D eigenvalue weighted by atomic mass is 79.9. The van der Waals surface area contributed by atoms with Gasteiger partial charge >= 0.3 is 10.1 Å². The van der Waals surface area contributed by atoms with Gasteiger partial charge in [0.25, 0.3) is 0 Å². The summed E-state index contributed by atoms with van der Waals surface area (Å²) in [6.07, 6.45) is 3.54. The Hall–Kier alpha value is -1.40. The van der Waals surface area contributed by atoms with Gasteiger partial charge in [-0.25, -0.2) is 0 Å². The van der Waals surface area contributed by atoms with E-state index in [0.717, 1.165) is 5.56 Å². The number of pyridine rings is 1. The number of aromatic nitrogens is 1. The molecule has 1 heterocycles. The summed E-state index contributed by atoms with van der Waals surface area (Å²) in [4.78, 5) is 4.02. The lowest BCUT2D eigenvalue weighted by Crippen LogP contribution is -2.12. The molecule has 1 aromatic carbocycles. The molecule has 0 aliphatic carbocycles. The number of benzene rings is 1. The smallest absolute Gasteiger partial charge is 0.339 e. The molecule has 0 bridgehead atoms. The largest absolute Gasteiger partial charge is 0.377 e. The van der Waals surface area contributed by atoms with Crippen molar-refractivity contribution in [2.45, 2.75) is 11.3 Å². The van der Waals surface area contributed by atoms with Gasteiger partial charge in [-0.1, -0.05) is 34.1 Å². The Balaban J connectivity index is 2.35. The molecular weight excluding hydrogens is 330 g/mol. The molecule has 0 saturated heterocycles. The van der Waals surface area contributed by atoms with Crippen molar-refractivity contribution < 1.29 is 12.6 Å². The standard InChI is InChI=1S/C13H12BrNO3S/c14-8-7-11-4-1-2-6-13(11)19(16,17)18-12-5-3-9-15-10-12/h1-6,9-10H,7-8H2. The van der Waals surface area contributed by atoms with Gasteiger partial charge in [-0.05, 0) is 30.2 Å². The number of aryl methyl sites for hydroxylation is 1. The summed E-state index contributed by atoms with van der Waals surface area (Å²) in [7, 11) is -3.83. The minimum atomic E-state index is -3.83. The van der Waals surface area contributed by atoms with Gasteiger partial charge in [0.15, 0.2) is 5.75 Å². The predicted octanol–water partition coefficient (Wildman–Crippen LogP) is 2.79. The lowest BCUT2D eigenvalue weighted by atomic mass is 10.2. The van der Waals surface area contributed by atoms with Crippen molar-refractivity contribution in [2.24, 2.45) is 0 Å². The minimum Gasteiger partial charge on any atom is -0.377 e. The molecule has 0 spiro atoms. The molecule has 0 atom stereocenters. The van der Waals surface area contributed by atoms with Crippen molar-refractivity contribution in [3.05, 3.63) is 54.4 Å². The summed E-state index contributed by atoms with van der Waals surface area (Å²) >= 11 is 3.31. The van der Waals surface area contributed by atoms with Gasteiger partial charge in [0.2, 0.25) is 0 Å². The van der Waals surface area contributed by atoms with Crippen molar-refractivity contribution >= 4 is 26.0 Å². The molecule has 100 valence electrons. The van der Waals surface area contributed by atoms with E-state index in [1.165, 1.54) is 6.20 Å². The van der Waals surface area contributed by atoms with Crippen molar-refractivity contribution in [1.29, 1.82) is 0 Å². The monoisotopic (exact) mass is 341 g/mol. The molecule has 2 rings (SSSR count). The number of rotatable bonds is 5. The highest BCUT2D eigenvalue weighted by molar-refractivity contribution is 9.09. The maximum atomic E-state index is 12.2. The Morgan fingerprint density at radius 3 is 2.63 bits per heavy atom. The van der Waals surface area contributed by atoms with E-state index >= 15 is 0 Å². The van der Waals surface area contributed by atoms with Crippen LogP contribution in [0.3, 0.4) is 0 Å². The van der Waals surface area contributed by atoms with Crippen molar-refractivity contribution in [3.63, 3.8) is 0 Å². The molecule has 0 unspecified atom stereocenters. The van der Waals surface area contributed by atoms with E-state index in [9.17, 15) is 8.42 Å². The quantitative estimate of drug-likeness (QED) is 0.619. The van der Waals surface area contributed by atoms with Crippen LogP contribution in [0.5, 0.6) is 5.75 Å². The first-order chi connectivity index (χ1) is 9.13. The van der Waals surface area contributed by atoms with Crippen molar-refractivity contribution in [1.82, 2.24) is 4.98 Å². The average molecular weight is 342 g/mol. The van der Waals surface area contributed by atoms with Gasteiger partial charge in [-0.3, -0.25) is 4.98 Å². The minimum absolute atomic E-state index is 0.193. The molecule has 0 N–H and O–H groups in total. The van der Waals surface area contributed by atoms with Gasteiger partial charge < -0.3 is 4.18 Å². The maximum absolute atomic E-state index is 12.2. The first-order valence-electron chi connectivity index (χ1n) is 5.62. The van der Waals surface area contributed by atoms with E-state index in [1.807, 2.05) is 0 Å². The van der Waals surface area contributed by atoms with Crippen LogP contribution < -0.4 is 4.18 Å². The number of nitrogens with zero attached hydrogens (tertiary/aromatic N) is 1. The molecule has 0 fully saturated rings. The van der Waals surface area contributed by atoms with Crippen LogP contribution in [0, 0.1) is 0 Å². The fourth-order valence-corrected chi connectivity index (χ4v) is 3.23. The van der Waals surface area contributed by atoms with E-state index in [2.05, 4.69) is 20.9 Å². The maximum Gasteiger partial charge on any atom is 0.339 e. The first-order valence-corrected chi connectivity index (χ1v) is 8.15. The van der Waals surface area contributed by atoms with Crippen LogP contribution in [0.15, 0.2) is 53.7 Å². The second-order valence-corrected chi connectivity index (χ2v) is 6.08. The molecule has 0 amide bonds. The summed E-state index contributed by atoms with van der Waals surface area (Å²) in [5, 5.41) is 0.687. The summed E-state index contributed by atoms with van der Waals surface area (Å²) in [5.41, 5.74) is 0.725. The number of hydrogen-bond donors (Lipinski definition) is 0. The number of hydrogen-bond acceptors (Lipinski definition) is 4. The fraction of sp³-hybridized carbons (Fsp3) is 0.154. The second-order valence-electron chi connectivity index (χ2n) is 3.77. The Bertz CT molecular complexity index is 644. The van der Waals surface area contributed by atoms with E-state index in [-0.39, 0.29) is 10.6 Å². The third-order valence-corrected chi connectivity index (χ3v) is 4.19. The van der Waals surface area contributed by atoms with Crippen LogP contribution in [0.4, 0.5) is 0 Å². The molecule has 0 aliphatic rings. The molecule has 2 aromatic rings. The zero-order valence-electron chi connectivity index (χ0n) is 9.99. The third kappa shape index (κ3) is 3.54. The molecule has 0 saturated carbocycles. The zero-order valence-corrected chi connectivity index (χ0v) is 12.4. The first kappa shape index (κ1) is 14.0. The van der Waals surface area contributed by atoms with Crippen LogP contribution in [-0.4, -0.2) is 18.7 Å². The molecule has 19 heavy (non-hydrogen) atoms. The molecular formula is C13H12BrNO3S. The third-order valence-electron chi connectivity index (χ3n) is 2.45. The average Bonchev–Trinajstić information content (AvgIpc) is 2.40. The van der Waals surface area contributed by atoms with Crippen LogP contribution in [0.25, 0.3) is 0 Å². The van der Waals surface area contributed by atoms with Crippen LogP contribution in [-0.2, 0) is 16.5 Å². The Kier molecular flexibility index (Phi) is 4.55. The number of alkyl halides is 1. The van der Waals surface area contributed by atoms with E-state index in [0.29, 0.717) is 11.8 Å². The Labute approximate surface area is 120 Å². The fourth-order valence-electron chi connectivity index (χ4n) is 1.62. The van der Waals surface area contributed by atoms with Gasteiger partial charge in [0, 0.05) is 11.5 Å². The van der Waals surface area contributed by atoms with Crippen LogP contribution >= 0.6 is 15.9 Å². The summed E-state index contributed by atoms with van der Waals surface area (Å²) in [6, 6.07) is 9.98. The van der Waals surface area contributed by atoms with Crippen molar-refractivity contribution in [2.75, 3.05) is 5.33 Å². The zero-order chi connectivity index (χ0) is 13.7. The van der Waals surface area contributed by atoms with Crippen LogP contribution in [0.2, 0.25) is 0 Å². The van der Waals surface area contributed by atoms with E-state index in [1.54, 1.807) is 42.6 Å². The van der Waals surface area contributed by atoms with Crippen LogP contribution in [0.1, 0.15) is 5.56 Å². The van der Waals surface area contributed by atoms with Gasteiger partial charge in [0.1, 0.15) is 4.90 Å². The lowest BCUT2D eigenvalue weighted by molar-refractivity contribution is 0.484. The molecule has 0 aliphatic heterocycles. The Morgan fingerprint density at radius 1 is 1.16 bits per heavy atom. The second kappa shape index (κ2) is 6.16. The summed E-state index contributed by atoms with van der Waals surface area (Å²) < 4.78 is 29.5. The molecule has 6 heteroatoms. The molecule has 4 nitrogen and oxygen atoms in total. The van der Waals surface area contributed by atoms with Crippen molar-refractivity contribution in [3.8, 4) is 5.75 Å². The Morgan fingerprint density at radius 2 is 1.95 bits per heavy atom. The summed E-state index contributed by atoms with van der Waals surface area (Å²) in [6.45, 7) is 0. The van der Waals surface area contributed by atoms with E-state index < -0.39 is 10.1 Å². The van der Waals surface area contributed by atoms with Gasteiger partial charge in [-0.2, -0.15) is 8.42 Å². The molecule has 1 aromatic heterocycles. The highest BCUT2D eigenvalue weighted by Gasteiger charge is 2.20. The topological polar surface area (TPSA) is 56.3 Å². The normalized spacial score (nSPS) is 11.2. The molecule has 0 radical (unpaired) electrons. The SMILES string of the molecule is O=S(=O)(Oc1cccnc1)c1ccccc1CCBr.